The van der Waals surface area contributed by atoms with E-state index in [0.29, 0.717) is 47.2 Å². The Bertz CT molecular complexity index is 1530. The van der Waals surface area contributed by atoms with E-state index in [0.717, 1.165) is 11.3 Å². The molecule has 1 atom stereocenters. The first-order valence-corrected chi connectivity index (χ1v) is 13.9. The highest BCUT2D eigenvalue weighted by Crippen LogP contribution is 2.28. The van der Waals surface area contributed by atoms with Gasteiger partial charge in [0.1, 0.15) is 24.2 Å². The number of rotatable bonds is 12. The summed E-state index contributed by atoms with van der Waals surface area (Å²) in [5.74, 6) is -0.171. The molecule has 4 rings (SSSR count). The standard InChI is InChI=1S/C32H31Cl2N5O3/c1-39(18-17-37-25-12-7-22(8-13-25)30(35)36)32(41)29(27-16-11-24(33)19-28(27)34)38-31(40)23-9-14-26(15-10-23)42-20-21-5-3-2-4-6-21/h2-16,19,29,37H,17-18,20H2,1H3,(H3,35,36)(H,38,40)/t29-/m0/s1. The van der Waals surface area contributed by atoms with Crippen LogP contribution in [0, 0.1) is 5.41 Å². The van der Waals surface area contributed by atoms with Crippen molar-refractivity contribution in [2.24, 2.45) is 5.73 Å². The van der Waals surface area contributed by atoms with Crippen molar-refractivity contribution in [1.29, 1.82) is 5.41 Å². The smallest absolute Gasteiger partial charge is 0.252 e. The van der Waals surface area contributed by atoms with Gasteiger partial charge in [0, 0.05) is 52.6 Å². The van der Waals surface area contributed by atoms with Gasteiger partial charge in [0.15, 0.2) is 0 Å². The number of likely N-dealkylation sites (N-methyl/N-ethyl adjacent to an activating group) is 1. The van der Waals surface area contributed by atoms with Gasteiger partial charge in [-0.3, -0.25) is 15.0 Å². The summed E-state index contributed by atoms with van der Waals surface area (Å²) in [5.41, 5.74) is 8.79. The first kappa shape index (κ1) is 30.4. The number of carbonyl (C=O) groups excluding carboxylic acids is 2. The van der Waals surface area contributed by atoms with Gasteiger partial charge in [0.05, 0.1) is 0 Å². The van der Waals surface area contributed by atoms with Crippen molar-refractivity contribution < 1.29 is 14.3 Å². The zero-order valence-corrected chi connectivity index (χ0v) is 24.5. The van der Waals surface area contributed by atoms with Gasteiger partial charge in [-0.15, -0.1) is 0 Å². The molecule has 216 valence electrons. The Labute approximate surface area is 254 Å². The minimum Gasteiger partial charge on any atom is -0.489 e. The lowest BCUT2D eigenvalue weighted by Gasteiger charge is -2.26. The SMILES string of the molecule is CN(CCNc1ccc(C(=N)N)cc1)C(=O)[C@@H](NC(=O)c1ccc(OCc2ccccc2)cc1)c1ccc(Cl)cc1Cl. The van der Waals surface area contributed by atoms with Gasteiger partial charge in [0.25, 0.3) is 5.91 Å². The van der Waals surface area contributed by atoms with E-state index in [9.17, 15) is 9.59 Å². The Morgan fingerprint density at radius 2 is 1.60 bits per heavy atom. The zero-order valence-electron chi connectivity index (χ0n) is 22.9. The van der Waals surface area contributed by atoms with Gasteiger partial charge < -0.3 is 26.0 Å². The molecule has 2 amide bonds. The van der Waals surface area contributed by atoms with E-state index in [1.54, 1.807) is 55.6 Å². The second-order valence-electron chi connectivity index (χ2n) is 9.55. The second kappa shape index (κ2) is 14.4. The predicted octanol–water partition coefficient (Wildman–Crippen LogP) is 5.90. The number of carbonyl (C=O) groups is 2. The maximum atomic E-state index is 13.6. The predicted molar refractivity (Wildman–Crippen MR) is 167 cm³/mol. The van der Waals surface area contributed by atoms with Crippen LogP contribution in [0.25, 0.3) is 0 Å². The molecule has 0 aromatic heterocycles. The van der Waals surface area contributed by atoms with Crippen molar-refractivity contribution in [3.8, 4) is 5.75 Å². The first-order chi connectivity index (χ1) is 20.2. The van der Waals surface area contributed by atoms with Crippen molar-refractivity contribution in [2.45, 2.75) is 12.6 Å². The van der Waals surface area contributed by atoms with E-state index in [-0.39, 0.29) is 16.8 Å². The largest absolute Gasteiger partial charge is 0.489 e. The van der Waals surface area contributed by atoms with Crippen LogP contribution in [0.4, 0.5) is 5.69 Å². The fourth-order valence-electron chi connectivity index (χ4n) is 4.13. The highest BCUT2D eigenvalue weighted by Gasteiger charge is 2.28. The number of ether oxygens (including phenoxy) is 1. The lowest BCUT2D eigenvalue weighted by Crippen LogP contribution is -2.42. The molecule has 10 heteroatoms. The molecule has 0 bridgehead atoms. The Morgan fingerprint density at radius 1 is 0.929 bits per heavy atom. The Balaban J connectivity index is 1.42. The van der Waals surface area contributed by atoms with E-state index in [4.69, 9.17) is 39.1 Å². The molecular weight excluding hydrogens is 573 g/mol. The molecule has 5 N–H and O–H groups in total. The number of nitrogen functional groups attached to an aromatic ring is 1. The summed E-state index contributed by atoms with van der Waals surface area (Å²) < 4.78 is 5.82. The number of nitrogens with two attached hydrogens (primary N) is 1. The fraction of sp³-hybridized carbons (Fsp3) is 0.156. The Kier molecular flexibility index (Phi) is 10.4. The molecule has 0 saturated heterocycles. The van der Waals surface area contributed by atoms with Gasteiger partial charge in [-0.25, -0.2) is 0 Å². The molecule has 0 heterocycles. The number of halogens is 2. The third-order valence-corrected chi connectivity index (χ3v) is 7.07. The second-order valence-corrected chi connectivity index (χ2v) is 10.4. The van der Waals surface area contributed by atoms with Crippen molar-refractivity contribution in [3.63, 3.8) is 0 Å². The monoisotopic (exact) mass is 603 g/mol. The van der Waals surface area contributed by atoms with Crippen molar-refractivity contribution >= 4 is 46.5 Å². The highest BCUT2D eigenvalue weighted by atomic mass is 35.5. The maximum absolute atomic E-state index is 13.6. The van der Waals surface area contributed by atoms with Crippen LogP contribution in [0.1, 0.15) is 33.1 Å². The van der Waals surface area contributed by atoms with Crippen LogP contribution in [0.15, 0.2) is 97.1 Å². The third kappa shape index (κ3) is 8.25. The van der Waals surface area contributed by atoms with Gasteiger partial charge >= 0.3 is 0 Å². The molecule has 4 aromatic rings. The van der Waals surface area contributed by atoms with Crippen LogP contribution in [0.5, 0.6) is 5.75 Å². The Morgan fingerprint density at radius 3 is 2.24 bits per heavy atom. The molecule has 0 radical (unpaired) electrons. The average Bonchev–Trinajstić information content (AvgIpc) is 2.99. The summed E-state index contributed by atoms with van der Waals surface area (Å²) in [6, 6.07) is 27.4. The topological polar surface area (TPSA) is 121 Å². The van der Waals surface area contributed by atoms with Crippen LogP contribution >= 0.6 is 23.2 Å². The lowest BCUT2D eigenvalue weighted by molar-refractivity contribution is -0.132. The molecular formula is C32H31Cl2N5O3. The summed E-state index contributed by atoms with van der Waals surface area (Å²) in [5, 5.41) is 14.3. The summed E-state index contributed by atoms with van der Waals surface area (Å²) >= 11 is 12.6. The van der Waals surface area contributed by atoms with E-state index in [1.807, 2.05) is 42.5 Å². The fourth-order valence-corrected chi connectivity index (χ4v) is 4.65. The number of nitrogens with one attached hydrogen (secondary N) is 3. The third-order valence-electron chi connectivity index (χ3n) is 6.51. The molecule has 0 aliphatic rings. The number of amidine groups is 1. The number of anilines is 1. The molecule has 0 spiro atoms. The zero-order chi connectivity index (χ0) is 30.1. The van der Waals surface area contributed by atoms with Crippen molar-refractivity contribution in [3.05, 3.63) is 129 Å². The molecule has 0 aliphatic carbocycles. The van der Waals surface area contributed by atoms with E-state index >= 15 is 0 Å². The van der Waals surface area contributed by atoms with Crippen LogP contribution in [-0.4, -0.2) is 42.7 Å². The minimum atomic E-state index is -1.05. The summed E-state index contributed by atoms with van der Waals surface area (Å²) in [7, 11) is 1.66. The van der Waals surface area contributed by atoms with Crippen LogP contribution in [-0.2, 0) is 11.4 Å². The number of amides is 2. The highest BCUT2D eigenvalue weighted by molar-refractivity contribution is 6.35. The molecule has 0 saturated carbocycles. The molecule has 4 aromatic carbocycles. The average molecular weight is 605 g/mol. The van der Waals surface area contributed by atoms with Gasteiger partial charge in [-0.1, -0.05) is 59.6 Å². The van der Waals surface area contributed by atoms with Crippen LogP contribution < -0.4 is 21.1 Å². The van der Waals surface area contributed by atoms with Gasteiger partial charge in [0.2, 0.25) is 5.91 Å². The molecule has 0 fully saturated rings. The van der Waals surface area contributed by atoms with Gasteiger partial charge in [-0.05, 0) is 66.2 Å². The first-order valence-electron chi connectivity index (χ1n) is 13.2. The van der Waals surface area contributed by atoms with E-state index in [2.05, 4.69) is 10.6 Å². The minimum absolute atomic E-state index is 0.00633. The number of nitrogens with zero attached hydrogens (tertiary/aromatic N) is 1. The lowest BCUT2D eigenvalue weighted by atomic mass is 10.0. The summed E-state index contributed by atoms with van der Waals surface area (Å²) in [4.78, 5) is 28.4. The number of hydrogen-bond donors (Lipinski definition) is 4. The molecule has 8 nitrogen and oxygen atoms in total. The van der Waals surface area contributed by atoms with Crippen molar-refractivity contribution in [1.82, 2.24) is 10.2 Å². The van der Waals surface area contributed by atoms with E-state index < -0.39 is 11.9 Å². The van der Waals surface area contributed by atoms with Crippen LogP contribution in [0.2, 0.25) is 10.0 Å². The van der Waals surface area contributed by atoms with Crippen molar-refractivity contribution in [2.75, 3.05) is 25.5 Å². The quantitative estimate of drug-likeness (QED) is 0.119. The van der Waals surface area contributed by atoms with E-state index in [1.165, 1.54) is 11.0 Å². The normalized spacial score (nSPS) is 11.3. The number of hydrogen-bond acceptors (Lipinski definition) is 5. The molecule has 0 aliphatic heterocycles. The number of benzene rings is 4. The van der Waals surface area contributed by atoms with Gasteiger partial charge in [-0.2, -0.15) is 0 Å². The van der Waals surface area contributed by atoms with Crippen LogP contribution in [0.3, 0.4) is 0 Å². The maximum Gasteiger partial charge on any atom is 0.252 e. The molecule has 42 heavy (non-hydrogen) atoms. The summed E-state index contributed by atoms with van der Waals surface area (Å²) in [6.45, 7) is 1.20. The Hall–Kier alpha value is -4.53. The summed E-state index contributed by atoms with van der Waals surface area (Å²) in [6.07, 6.45) is 0. The molecule has 0 unspecified atom stereocenters.